The molecule has 1 fully saturated rings. The van der Waals surface area contributed by atoms with Crippen LogP contribution in [0.4, 0.5) is 0 Å². The number of benzene rings is 2. The van der Waals surface area contributed by atoms with Gasteiger partial charge in [-0.3, -0.25) is 9.59 Å². The van der Waals surface area contributed by atoms with Gasteiger partial charge in [0, 0.05) is 49.4 Å². The number of likely N-dealkylation sites (tertiary alicyclic amines) is 1. The molecule has 0 unspecified atom stereocenters. The first kappa shape index (κ1) is 20.7. The van der Waals surface area contributed by atoms with E-state index in [1.165, 1.54) is 0 Å². The summed E-state index contributed by atoms with van der Waals surface area (Å²) in [7, 11) is 1.59. The standard InChI is InChI=1S/C25H23N5O3/c1-26-25(32)17-5-2-6-19(13-17)33-21-14-16(23-28-20-7-3-11-27-24(20)29-23)9-10-18(21)15-30-12-4-8-22(30)31/h2-3,5-7,9-11,13-14H,4,8,12,15H2,1H3,(H,26,32)(H,27,28,29). The lowest BCUT2D eigenvalue weighted by molar-refractivity contribution is -0.128. The molecule has 0 spiro atoms. The Morgan fingerprint density at radius 1 is 1.18 bits per heavy atom. The lowest BCUT2D eigenvalue weighted by Gasteiger charge is -2.19. The van der Waals surface area contributed by atoms with E-state index in [4.69, 9.17) is 4.74 Å². The second-order valence-electron chi connectivity index (χ2n) is 7.91. The normalized spacial score (nSPS) is 13.5. The van der Waals surface area contributed by atoms with Crippen molar-refractivity contribution in [3.05, 3.63) is 71.9 Å². The third kappa shape index (κ3) is 4.27. The molecular formula is C25H23N5O3. The molecule has 5 rings (SSSR count). The van der Waals surface area contributed by atoms with Gasteiger partial charge in [-0.05, 0) is 42.8 Å². The van der Waals surface area contributed by atoms with Crippen LogP contribution in [-0.2, 0) is 11.3 Å². The molecular weight excluding hydrogens is 418 g/mol. The Bertz CT molecular complexity index is 1310. The fraction of sp³-hybridized carbons (Fsp3) is 0.200. The summed E-state index contributed by atoms with van der Waals surface area (Å²) >= 11 is 0. The van der Waals surface area contributed by atoms with E-state index in [9.17, 15) is 9.59 Å². The number of carbonyl (C=O) groups excluding carboxylic acids is 2. The highest BCUT2D eigenvalue weighted by atomic mass is 16.5. The SMILES string of the molecule is CNC(=O)c1cccc(Oc2cc(-c3nc4ncccc4[nH]3)ccc2CN2CCCC2=O)c1. The zero-order valence-electron chi connectivity index (χ0n) is 18.2. The zero-order chi connectivity index (χ0) is 22.8. The molecule has 0 atom stereocenters. The number of aromatic nitrogens is 3. The van der Waals surface area contributed by atoms with Crippen LogP contribution in [0.2, 0.25) is 0 Å². The Kier molecular flexibility index (Phi) is 5.48. The Morgan fingerprint density at radius 2 is 2.09 bits per heavy atom. The molecule has 3 heterocycles. The number of rotatable bonds is 6. The fourth-order valence-corrected chi connectivity index (χ4v) is 3.96. The van der Waals surface area contributed by atoms with Gasteiger partial charge in [0.1, 0.15) is 17.3 Å². The van der Waals surface area contributed by atoms with E-state index >= 15 is 0 Å². The molecule has 0 aliphatic carbocycles. The predicted molar refractivity (Wildman–Crippen MR) is 124 cm³/mol. The second kappa shape index (κ2) is 8.74. The van der Waals surface area contributed by atoms with Crippen LogP contribution in [0.5, 0.6) is 11.5 Å². The van der Waals surface area contributed by atoms with Crippen LogP contribution in [0, 0.1) is 0 Å². The topological polar surface area (TPSA) is 100 Å². The average molecular weight is 441 g/mol. The monoisotopic (exact) mass is 441 g/mol. The number of nitrogens with one attached hydrogen (secondary N) is 2. The molecule has 2 aromatic heterocycles. The van der Waals surface area contributed by atoms with Gasteiger partial charge in [-0.25, -0.2) is 9.97 Å². The van der Waals surface area contributed by atoms with Crippen LogP contribution in [0.25, 0.3) is 22.6 Å². The molecule has 8 nitrogen and oxygen atoms in total. The first-order valence-electron chi connectivity index (χ1n) is 10.8. The lowest BCUT2D eigenvalue weighted by atomic mass is 10.1. The maximum Gasteiger partial charge on any atom is 0.251 e. The molecule has 0 radical (unpaired) electrons. The number of hydrogen-bond acceptors (Lipinski definition) is 5. The van der Waals surface area contributed by atoms with Gasteiger partial charge >= 0.3 is 0 Å². The molecule has 2 aromatic carbocycles. The number of ether oxygens (including phenoxy) is 1. The highest BCUT2D eigenvalue weighted by Gasteiger charge is 2.22. The third-order valence-corrected chi connectivity index (χ3v) is 5.68. The largest absolute Gasteiger partial charge is 0.457 e. The summed E-state index contributed by atoms with van der Waals surface area (Å²) in [6.45, 7) is 1.20. The van der Waals surface area contributed by atoms with E-state index in [0.29, 0.717) is 41.5 Å². The van der Waals surface area contributed by atoms with E-state index in [1.807, 2.05) is 35.2 Å². The van der Waals surface area contributed by atoms with Crippen molar-refractivity contribution in [2.75, 3.05) is 13.6 Å². The van der Waals surface area contributed by atoms with E-state index < -0.39 is 0 Å². The summed E-state index contributed by atoms with van der Waals surface area (Å²) in [5, 5.41) is 2.62. The fourth-order valence-electron chi connectivity index (χ4n) is 3.96. The van der Waals surface area contributed by atoms with Crippen LogP contribution in [-0.4, -0.2) is 45.3 Å². The summed E-state index contributed by atoms with van der Waals surface area (Å²) in [6.07, 6.45) is 3.15. The predicted octanol–water partition coefficient (Wildman–Crippen LogP) is 3.90. The number of hydrogen-bond donors (Lipinski definition) is 2. The molecule has 166 valence electrons. The van der Waals surface area contributed by atoms with Crippen LogP contribution in [0.15, 0.2) is 60.8 Å². The van der Waals surface area contributed by atoms with Crippen molar-refractivity contribution in [2.45, 2.75) is 19.4 Å². The highest BCUT2D eigenvalue weighted by Crippen LogP contribution is 2.32. The molecule has 1 aliphatic rings. The highest BCUT2D eigenvalue weighted by molar-refractivity contribution is 5.94. The van der Waals surface area contributed by atoms with Gasteiger partial charge < -0.3 is 19.9 Å². The van der Waals surface area contributed by atoms with Gasteiger partial charge in [0.15, 0.2) is 5.65 Å². The number of nitrogens with zero attached hydrogens (tertiary/aromatic N) is 3. The van der Waals surface area contributed by atoms with Crippen LogP contribution in [0.3, 0.4) is 0 Å². The quantitative estimate of drug-likeness (QED) is 0.473. The molecule has 8 heteroatoms. The van der Waals surface area contributed by atoms with Crippen LogP contribution in [0.1, 0.15) is 28.8 Å². The lowest BCUT2D eigenvalue weighted by Crippen LogP contribution is -2.24. The summed E-state index contributed by atoms with van der Waals surface area (Å²) in [4.78, 5) is 38.3. The van der Waals surface area contributed by atoms with E-state index in [1.54, 1.807) is 37.5 Å². The average Bonchev–Trinajstić information content (AvgIpc) is 3.46. The Balaban J connectivity index is 1.52. The van der Waals surface area contributed by atoms with Crippen molar-refractivity contribution in [2.24, 2.45) is 0 Å². The number of imidazole rings is 1. The number of H-pyrrole nitrogens is 1. The molecule has 4 aromatic rings. The Labute approximate surface area is 190 Å². The number of aromatic amines is 1. The number of fused-ring (bicyclic) bond motifs is 1. The minimum atomic E-state index is -0.188. The zero-order valence-corrected chi connectivity index (χ0v) is 18.2. The Morgan fingerprint density at radius 3 is 2.88 bits per heavy atom. The molecule has 1 saturated heterocycles. The van der Waals surface area contributed by atoms with E-state index in [2.05, 4.69) is 20.3 Å². The molecule has 33 heavy (non-hydrogen) atoms. The van der Waals surface area contributed by atoms with Gasteiger partial charge in [-0.15, -0.1) is 0 Å². The van der Waals surface area contributed by atoms with Gasteiger partial charge in [0.2, 0.25) is 5.91 Å². The maximum absolute atomic E-state index is 12.2. The second-order valence-corrected chi connectivity index (χ2v) is 7.91. The molecule has 0 bridgehead atoms. The molecule has 1 aliphatic heterocycles. The van der Waals surface area contributed by atoms with Crippen molar-refractivity contribution in [3.8, 4) is 22.9 Å². The van der Waals surface area contributed by atoms with Crippen molar-refractivity contribution < 1.29 is 14.3 Å². The Hall–Kier alpha value is -4.20. The minimum Gasteiger partial charge on any atom is -0.457 e. The minimum absolute atomic E-state index is 0.148. The summed E-state index contributed by atoms with van der Waals surface area (Å²) in [6, 6.07) is 16.6. The van der Waals surface area contributed by atoms with Gasteiger partial charge in [0.05, 0.1) is 5.52 Å². The van der Waals surface area contributed by atoms with Crippen LogP contribution < -0.4 is 10.1 Å². The first-order chi connectivity index (χ1) is 16.1. The first-order valence-corrected chi connectivity index (χ1v) is 10.8. The summed E-state index contributed by atoms with van der Waals surface area (Å²) in [5.74, 6) is 1.78. The third-order valence-electron chi connectivity index (χ3n) is 5.68. The van der Waals surface area contributed by atoms with Gasteiger partial charge in [-0.2, -0.15) is 0 Å². The maximum atomic E-state index is 12.2. The number of amides is 2. The summed E-state index contributed by atoms with van der Waals surface area (Å²) in [5.41, 5.74) is 3.71. The molecule has 2 amide bonds. The molecule has 2 N–H and O–H groups in total. The smallest absolute Gasteiger partial charge is 0.251 e. The van der Waals surface area contributed by atoms with E-state index in [-0.39, 0.29) is 11.8 Å². The van der Waals surface area contributed by atoms with Gasteiger partial charge in [-0.1, -0.05) is 18.2 Å². The van der Waals surface area contributed by atoms with Crippen LogP contribution >= 0.6 is 0 Å². The summed E-state index contributed by atoms with van der Waals surface area (Å²) < 4.78 is 6.25. The van der Waals surface area contributed by atoms with Crippen molar-refractivity contribution in [3.63, 3.8) is 0 Å². The van der Waals surface area contributed by atoms with Crippen molar-refractivity contribution >= 4 is 23.0 Å². The van der Waals surface area contributed by atoms with Crippen molar-refractivity contribution in [1.29, 1.82) is 0 Å². The van der Waals surface area contributed by atoms with E-state index in [0.717, 1.165) is 29.6 Å². The van der Waals surface area contributed by atoms with Crippen molar-refractivity contribution in [1.82, 2.24) is 25.2 Å². The van der Waals surface area contributed by atoms with Gasteiger partial charge in [0.25, 0.3) is 5.91 Å². The molecule has 0 saturated carbocycles. The number of pyridine rings is 1. The number of carbonyl (C=O) groups is 2.